The van der Waals surface area contributed by atoms with E-state index in [1.54, 1.807) is 16.0 Å². The third kappa shape index (κ3) is 4.31. The maximum atomic E-state index is 13.7. The molecule has 1 saturated heterocycles. The first-order valence-corrected chi connectivity index (χ1v) is 13.8. The van der Waals surface area contributed by atoms with Gasteiger partial charge in [0, 0.05) is 42.7 Å². The second-order valence-electron chi connectivity index (χ2n) is 11.7. The van der Waals surface area contributed by atoms with Gasteiger partial charge in [-0.2, -0.15) is 0 Å². The topological polar surface area (TPSA) is 119 Å². The molecule has 0 radical (unpaired) electrons. The Morgan fingerprint density at radius 2 is 2.05 bits per heavy atom. The zero-order valence-electron chi connectivity index (χ0n) is 23.3. The Hall–Kier alpha value is -4.21. The second-order valence-corrected chi connectivity index (χ2v) is 11.7. The normalized spacial score (nSPS) is 19.5. The van der Waals surface area contributed by atoms with E-state index < -0.39 is 0 Å². The van der Waals surface area contributed by atoms with Crippen LogP contribution in [0.15, 0.2) is 37.3 Å². The van der Waals surface area contributed by atoms with Crippen molar-refractivity contribution < 1.29 is 14.3 Å². The average molecular weight is 542 g/mol. The number of likely N-dealkylation sites (tertiary alicyclic amines) is 1. The molecule has 2 aliphatic heterocycles. The fourth-order valence-corrected chi connectivity index (χ4v) is 6.48. The van der Waals surface area contributed by atoms with E-state index in [9.17, 15) is 9.59 Å². The summed E-state index contributed by atoms with van der Waals surface area (Å²) in [6.45, 7) is 12.3. The van der Waals surface area contributed by atoms with Crippen molar-refractivity contribution in [1.82, 2.24) is 24.4 Å². The van der Waals surface area contributed by atoms with Crippen LogP contribution in [0.25, 0.3) is 11.3 Å². The Kier molecular flexibility index (Phi) is 6.35. The van der Waals surface area contributed by atoms with Gasteiger partial charge in [-0.25, -0.2) is 15.0 Å². The van der Waals surface area contributed by atoms with Gasteiger partial charge in [0.25, 0.3) is 5.91 Å². The standard InChI is InChI=1S/C30H35N7O3/c1-5-24(38)35-10-6-7-20(35)16-40-26-25(33-17-34-27(26)31)21-8-9-32-28(18(21)2)37-12-11-36-22(29(37)39)13-19-14-30(3,4)15-23(19)36/h5,8-9,13,17,20H,1,6-7,10-12,14-16H2,2-4H3,(H2,31,33,34)/t20-/m0/s1. The van der Waals surface area contributed by atoms with Crippen molar-refractivity contribution in [2.24, 2.45) is 5.41 Å². The molecule has 0 aromatic carbocycles. The number of ether oxygens (including phenoxy) is 1. The van der Waals surface area contributed by atoms with Gasteiger partial charge in [0.2, 0.25) is 5.91 Å². The van der Waals surface area contributed by atoms with Gasteiger partial charge in [-0.1, -0.05) is 20.4 Å². The maximum Gasteiger partial charge on any atom is 0.276 e. The molecule has 3 aliphatic rings. The highest BCUT2D eigenvalue weighted by atomic mass is 16.5. The van der Waals surface area contributed by atoms with Gasteiger partial charge >= 0.3 is 0 Å². The summed E-state index contributed by atoms with van der Waals surface area (Å²) in [5, 5.41) is 0. The summed E-state index contributed by atoms with van der Waals surface area (Å²) < 4.78 is 8.41. The highest BCUT2D eigenvalue weighted by Gasteiger charge is 2.37. The van der Waals surface area contributed by atoms with Crippen molar-refractivity contribution in [3.05, 3.63) is 59.8 Å². The monoisotopic (exact) mass is 541 g/mol. The molecule has 3 aromatic rings. The van der Waals surface area contributed by atoms with Gasteiger partial charge in [0.05, 0.1) is 6.04 Å². The molecule has 40 heavy (non-hydrogen) atoms. The van der Waals surface area contributed by atoms with Crippen LogP contribution in [0, 0.1) is 12.3 Å². The number of aromatic nitrogens is 4. The van der Waals surface area contributed by atoms with Crippen LogP contribution >= 0.6 is 0 Å². The minimum Gasteiger partial charge on any atom is -0.485 e. The molecule has 0 bridgehead atoms. The molecule has 1 aliphatic carbocycles. The van der Waals surface area contributed by atoms with Gasteiger partial charge in [-0.3, -0.25) is 14.5 Å². The van der Waals surface area contributed by atoms with Crippen LogP contribution in [0.3, 0.4) is 0 Å². The van der Waals surface area contributed by atoms with Crippen LogP contribution < -0.4 is 15.4 Å². The number of pyridine rings is 1. The largest absolute Gasteiger partial charge is 0.485 e. The third-order valence-electron chi connectivity index (χ3n) is 8.40. The van der Waals surface area contributed by atoms with E-state index in [0.29, 0.717) is 30.4 Å². The summed E-state index contributed by atoms with van der Waals surface area (Å²) in [7, 11) is 0. The number of nitrogens with two attached hydrogens (primary N) is 1. The van der Waals surface area contributed by atoms with Crippen LogP contribution in [0.5, 0.6) is 5.75 Å². The molecule has 1 fully saturated rings. The Labute approximate surface area is 233 Å². The molecule has 10 nitrogen and oxygen atoms in total. The smallest absolute Gasteiger partial charge is 0.276 e. The summed E-state index contributed by atoms with van der Waals surface area (Å²) >= 11 is 0. The number of hydrogen-bond donors (Lipinski definition) is 1. The maximum absolute atomic E-state index is 13.7. The predicted molar refractivity (Wildman–Crippen MR) is 152 cm³/mol. The first kappa shape index (κ1) is 26.0. The Morgan fingerprint density at radius 1 is 1.23 bits per heavy atom. The molecule has 3 aromatic heterocycles. The van der Waals surface area contributed by atoms with Gasteiger partial charge in [0.15, 0.2) is 11.6 Å². The summed E-state index contributed by atoms with van der Waals surface area (Å²) in [5.74, 6) is 1.02. The zero-order valence-corrected chi connectivity index (χ0v) is 23.3. The summed E-state index contributed by atoms with van der Waals surface area (Å²) in [6, 6.07) is 3.84. The fourth-order valence-electron chi connectivity index (χ4n) is 6.48. The van der Waals surface area contributed by atoms with Crippen LogP contribution in [-0.4, -0.2) is 62.0 Å². The summed E-state index contributed by atoms with van der Waals surface area (Å²) in [5.41, 5.74) is 11.9. The van der Waals surface area contributed by atoms with Crippen molar-refractivity contribution in [3.8, 4) is 17.0 Å². The number of amides is 2. The number of nitrogens with zero attached hydrogens (tertiary/aromatic N) is 6. The van der Waals surface area contributed by atoms with Crippen LogP contribution in [0.1, 0.15) is 54.0 Å². The average Bonchev–Trinajstić information content (AvgIpc) is 3.61. The Balaban J connectivity index is 1.29. The molecule has 208 valence electrons. The quantitative estimate of drug-likeness (QED) is 0.474. The van der Waals surface area contributed by atoms with E-state index >= 15 is 0 Å². The van der Waals surface area contributed by atoms with E-state index in [2.05, 4.69) is 46.0 Å². The first-order valence-electron chi connectivity index (χ1n) is 13.8. The number of fused-ring (bicyclic) bond motifs is 3. The number of hydrogen-bond acceptors (Lipinski definition) is 7. The van der Waals surface area contributed by atoms with Crippen molar-refractivity contribution in [1.29, 1.82) is 0 Å². The van der Waals surface area contributed by atoms with Gasteiger partial charge in [0.1, 0.15) is 30.1 Å². The molecule has 5 heterocycles. The molecule has 0 unspecified atom stereocenters. The molecular formula is C30H35N7O3. The molecule has 6 rings (SSSR count). The lowest BCUT2D eigenvalue weighted by molar-refractivity contribution is -0.127. The van der Waals surface area contributed by atoms with Crippen molar-refractivity contribution in [3.63, 3.8) is 0 Å². The van der Waals surface area contributed by atoms with Crippen molar-refractivity contribution >= 4 is 23.5 Å². The van der Waals surface area contributed by atoms with Crippen LogP contribution in [-0.2, 0) is 24.2 Å². The lowest BCUT2D eigenvalue weighted by atomic mass is 9.90. The SMILES string of the molecule is C=CC(=O)N1CCC[C@H]1COc1c(N)ncnc1-c1ccnc(N2CCn3c(cc4c3CC(C)(C)C4)C2=O)c1C. The fraction of sp³-hybridized carbons (Fsp3) is 0.433. The van der Waals surface area contributed by atoms with Crippen molar-refractivity contribution in [2.75, 3.05) is 30.3 Å². The lowest BCUT2D eigenvalue weighted by Crippen LogP contribution is -2.41. The van der Waals surface area contributed by atoms with Crippen molar-refractivity contribution in [2.45, 2.75) is 59.0 Å². The van der Waals surface area contributed by atoms with E-state index in [4.69, 9.17) is 10.5 Å². The van der Waals surface area contributed by atoms with Gasteiger partial charge < -0.3 is 19.9 Å². The molecule has 0 spiro atoms. The predicted octanol–water partition coefficient (Wildman–Crippen LogP) is 3.57. The first-order chi connectivity index (χ1) is 19.2. The minimum absolute atomic E-state index is 0.0434. The zero-order chi connectivity index (χ0) is 28.2. The van der Waals surface area contributed by atoms with E-state index in [1.165, 1.54) is 23.7 Å². The Morgan fingerprint density at radius 3 is 2.85 bits per heavy atom. The summed E-state index contributed by atoms with van der Waals surface area (Å²) in [4.78, 5) is 42.8. The molecule has 2 N–H and O–H groups in total. The number of anilines is 2. The number of carbonyl (C=O) groups excluding carboxylic acids is 2. The third-order valence-corrected chi connectivity index (χ3v) is 8.40. The van der Waals surface area contributed by atoms with E-state index in [-0.39, 0.29) is 35.7 Å². The van der Waals surface area contributed by atoms with Crippen LogP contribution in [0.2, 0.25) is 0 Å². The summed E-state index contributed by atoms with van der Waals surface area (Å²) in [6.07, 6.45) is 8.13. The van der Waals surface area contributed by atoms with Gasteiger partial charge in [-0.15, -0.1) is 0 Å². The number of rotatable bonds is 6. The minimum atomic E-state index is -0.107. The highest BCUT2D eigenvalue weighted by Crippen LogP contribution is 2.41. The van der Waals surface area contributed by atoms with Crippen LogP contribution in [0.4, 0.5) is 11.6 Å². The van der Waals surface area contributed by atoms with Gasteiger partial charge in [-0.05, 0) is 61.8 Å². The highest BCUT2D eigenvalue weighted by molar-refractivity contribution is 6.06. The molecule has 0 saturated carbocycles. The lowest BCUT2D eigenvalue weighted by Gasteiger charge is -2.30. The molecule has 1 atom stereocenters. The molecule has 10 heteroatoms. The number of nitrogen functional groups attached to an aromatic ring is 1. The molecular weight excluding hydrogens is 506 g/mol. The van der Waals surface area contributed by atoms with E-state index in [1.807, 2.05) is 13.0 Å². The number of carbonyl (C=O) groups is 2. The second kappa shape index (κ2) is 9.76. The molecule has 2 amide bonds. The Bertz CT molecular complexity index is 1530. The van der Waals surface area contributed by atoms with E-state index in [0.717, 1.165) is 49.0 Å².